The van der Waals surface area contributed by atoms with Crippen LogP contribution in [-0.4, -0.2) is 19.1 Å². The average molecular weight is 269 g/mol. The van der Waals surface area contributed by atoms with E-state index in [2.05, 4.69) is 5.32 Å². The number of anilines is 1. The van der Waals surface area contributed by atoms with Gasteiger partial charge in [-0.1, -0.05) is 6.07 Å². The SMILES string of the molecule is O=C(CCC1CCOCC1)Nc1c(F)cccc1F. The second-order valence-corrected chi connectivity index (χ2v) is 4.74. The lowest BCUT2D eigenvalue weighted by Gasteiger charge is -2.21. The molecule has 1 aromatic carbocycles. The van der Waals surface area contributed by atoms with E-state index < -0.39 is 11.6 Å². The number of benzene rings is 1. The normalized spacial score (nSPS) is 16.3. The van der Waals surface area contributed by atoms with E-state index in [4.69, 9.17) is 4.74 Å². The lowest BCUT2D eigenvalue weighted by Crippen LogP contribution is -2.19. The summed E-state index contributed by atoms with van der Waals surface area (Å²) < 4.78 is 31.9. The third kappa shape index (κ3) is 3.99. The monoisotopic (exact) mass is 269 g/mol. The molecule has 0 bridgehead atoms. The molecular formula is C14H17F2NO2. The molecule has 19 heavy (non-hydrogen) atoms. The van der Waals surface area contributed by atoms with Crippen molar-refractivity contribution in [3.63, 3.8) is 0 Å². The molecule has 1 aliphatic heterocycles. The van der Waals surface area contributed by atoms with E-state index in [1.54, 1.807) is 0 Å². The van der Waals surface area contributed by atoms with Crippen molar-refractivity contribution in [2.45, 2.75) is 25.7 Å². The molecule has 1 aromatic rings. The van der Waals surface area contributed by atoms with Crippen molar-refractivity contribution in [2.75, 3.05) is 18.5 Å². The van der Waals surface area contributed by atoms with Gasteiger partial charge in [0.15, 0.2) is 0 Å². The highest BCUT2D eigenvalue weighted by molar-refractivity contribution is 5.90. The van der Waals surface area contributed by atoms with Crippen molar-refractivity contribution in [3.8, 4) is 0 Å². The van der Waals surface area contributed by atoms with Gasteiger partial charge in [0.25, 0.3) is 0 Å². The van der Waals surface area contributed by atoms with Crippen LogP contribution >= 0.6 is 0 Å². The lowest BCUT2D eigenvalue weighted by atomic mass is 9.95. The van der Waals surface area contributed by atoms with E-state index in [1.165, 1.54) is 6.07 Å². The minimum absolute atomic E-state index is 0.276. The predicted octanol–water partition coefficient (Wildman–Crippen LogP) is 3.11. The summed E-state index contributed by atoms with van der Waals surface area (Å²) in [4.78, 5) is 11.7. The standard InChI is InChI=1S/C14H17F2NO2/c15-11-2-1-3-12(16)14(11)17-13(18)5-4-10-6-8-19-9-7-10/h1-3,10H,4-9H2,(H,17,18). The topological polar surface area (TPSA) is 38.3 Å². The molecule has 0 unspecified atom stereocenters. The fraction of sp³-hybridized carbons (Fsp3) is 0.500. The molecular weight excluding hydrogens is 252 g/mol. The van der Waals surface area contributed by atoms with Crippen LogP contribution in [0.2, 0.25) is 0 Å². The van der Waals surface area contributed by atoms with Gasteiger partial charge in [-0.2, -0.15) is 0 Å². The molecule has 1 saturated heterocycles. The van der Waals surface area contributed by atoms with Crippen LogP contribution in [0, 0.1) is 17.6 Å². The molecule has 1 fully saturated rings. The highest BCUT2D eigenvalue weighted by Gasteiger charge is 2.16. The van der Waals surface area contributed by atoms with Crippen molar-refractivity contribution in [3.05, 3.63) is 29.8 Å². The van der Waals surface area contributed by atoms with E-state index in [1.807, 2.05) is 0 Å². The van der Waals surface area contributed by atoms with Crippen LogP contribution in [0.3, 0.4) is 0 Å². The first-order chi connectivity index (χ1) is 9.16. The molecule has 0 spiro atoms. The van der Waals surface area contributed by atoms with Gasteiger partial charge in [0.2, 0.25) is 5.91 Å². The Kier molecular flexibility index (Phi) is 4.85. The highest BCUT2D eigenvalue weighted by Crippen LogP contribution is 2.22. The quantitative estimate of drug-likeness (QED) is 0.912. The number of rotatable bonds is 4. The van der Waals surface area contributed by atoms with Crippen LogP contribution in [0.15, 0.2) is 18.2 Å². The molecule has 0 saturated carbocycles. The molecule has 0 radical (unpaired) electrons. The van der Waals surface area contributed by atoms with E-state index in [-0.39, 0.29) is 18.0 Å². The molecule has 1 aliphatic rings. The minimum Gasteiger partial charge on any atom is -0.381 e. The van der Waals surface area contributed by atoms with Gasteiger partial charge < -0.3 is 10.1 Å². The van der Waals surface area contributed by atoms with Crippen LogP contribution in [0.25, 0.3) is 0 Å². The zero-order valence-electron chi connectivity index (χ0n) is 10.6. The van der Waals surface area contributed by atoms with Crippen molar-refractivity contribution < 1.29 is 18.3 Å². The van der Waals surface area contributed by atoms with E-state index in [9.17, 15) is 13.6 Å². The second-order valence-electron chi connectivity index (χ2n) is 4.74. The highest BCUT2D eigenvalue weighted by atomic mass is 19.1. The van der Waals surface area contributed by atoms with E-state index >= 15 is 0 Å². The summed E-state index contributed by atoms with van der Waals surface area (Å²) in [7, 11) is 0. The summed E-state index contributed by atoms with van der Waals surface area (Å²) in [6.07, 6.45) is 2.90. The molecule has 1 amide bonds. The molecule has 1 heterocycles. The Balaban J connectivity index is 1.83. The fourth-order valence-corrected chi connectivity index (χ4v) is 2.19. The molecule has 5 heteroatoms. The van der Waals surface area contributed by atoms with E-state index in [0.29, 0.717) is 5.92 Å². The largest absolute Gasteiger partial charge is 0.381 e. The zero-order valence-corrected chi connectivity index (χ0v) is 10.6. The second kappa shape index (κ2) is 6.61. The Morgan fingerprint density at radius 2 is 1.89 bits per heavy atom. The summed E-state index contributed by atoms with van der Waals surface area (Å²) in [5.41, 5.74) is -0.362. The Labute approximate surface area is 111 Å². The molecule has 0 aliphatic carbocycles. The first-order valence-corrected chi connectivity index (χ1v) is 6.48. The van der Waals surface area contributed by atoms with Crippen LogP contribution in [0.5, 0.6) is 0 Å². The van der Waals surface area contributed by atoms with Gasteiger partial charge in [-0.05, 0) is 37.3 Å². The van der Waals surface area contributed by atoms with Gasteiger partial charge in [-0.3, -0.25) is 4.79 Å². The summed E-state index contributed by atoms with van der Waals surface area (Å²) >= 11 is 0. The van der Waals surface area contributed by atoms with Crippen LogP contribution < -0.4 is 5.32 Å². The number of halogens is 2. The van der Waals surface area contributed by atoms with Gasteiger partial charge in [-0.25, -0.2) is 8.78 Å². The average Bonchev–Trinajstić information content (AvgIpc) is 2.42. The van der Waals surface area contributed by atoms with Crippen molar-refractivity contribution in [1.82, 2.24) is 0 Å². The van der Waals surface area contributed by atoms with Gasteiger partial charge >= 0.3 is 0 Å². The molecule has 104 valence electrons. The lowest BCUT2D eigenvalue weighted by molar-refractivity contribution is -0.116. The fourth-order valence-electron chi connectivity index (χ4n) is 2.19. The van der Waals surface area contributed by atoms with Gasteiger partial charge in [-0.15, -0.1) is 0 Å². The summed E-state index contributed by atoms with van der Waals surface area (Å²) in [6, 6.07) is 3.51. The number of para-hydroxylation sites is 1. The molecule has 0 atom stereocenters. The summed E-state index contributed by atoms with van der Waals surface area (Å²) in [5, 5.41) is 2.30. The third-order valence-electron chi connectivity index (χ3n) is 3.35. The number of hydrogen-bond acceptors (Lipinski definition) is 2. The maximum atomic E-state index is 13.3. The Morgan fingerprint density at radius 3 is 2.53 bits per heavy atom. The number of amides is 1. The predicted molar refractivity (Wildman–Crippen MR) is 67.8 cm³/mol. The molecule has 2 rings (SSSR count). The maximum Gasteiger partial charge on any atom is 0.224 e. The Bertz CT molecular complexity index is 425. The number of nitrogens with one attached hydrogen (secondary N) is 1. The molecule has 0 aromatic heterocycles. The zero-order chi connectivity index (χ0) is 13.7. The first kappa shape index (κ1) is 13.9. The Hall–Kier alpha value is -1.49. The number of ether oxygens (including phenoxy) is 1. The third-order valence-corrected chi connectivity index (χ3v) is 3.35. The van der Waals surface area contributed by atoms with Crippen LogP contribution in [0.4, 0.5) is 14.5 Å². The number of carbonyl (C=O) groups excluding carboxylic acids is 1. The van der Waals surface area contributed by atoms with E-state index in [0.717, 1.165) is 44.6 Å². The summed E-state index contributed by atoms with van der Waals surface area (Å²) in [5.74, 6) is -1.39. The summed E-state index contributed by atoms with van der Waals surface area (Å²) in [6.45, 7) is 1.46. The van der Waals surface area contributed by atoms with Crippen LogP contribution in [-0.2, 0) is 9.53 Å². The first-order valence-electron chi connectivity index (χ1n) is 6.48. The van der Waals surface area contributed by atoms with Crippen LogP contribution in [0.1, 0.15) is 25.7 Å². The molecule has 1 N–H and O–H groups in total. The van der Waals surface area contributed by atoms with Gasteiger partial charge in [0.05, 0.1) is 0 Å². The van der Waals surface area contributed by atoms with Crippen molar-refractivity contribution in [2.24, 2.45) is 5.92 Å². The molecule has 3 nitrogen and oxygen atoms in total. The van der Waals surface area contributed by atoms with Crippen molar-refractivity contribution in [1.29, 1.82) is 0 Å². The van der Waals surface area contributed by atoms with Gasteiger partial charge in [0, 0.05) is 19.6 Å². The number of carbonyl (C=O) groups is 1. The number of hydrogen-bond donors (Lipinski definition) is 1. The smallest absolute Gasteiger partial charge is 0.224 e. The maximum absolute atomic E-state index is 13.3. The Morgan fingerprint density at radius 1 is 1.26 bits per heavy atom. The van der Waals surface area contributed by atoms with Gasteiger partial charge in [0.1, 0.15) is 17.3 Å². The van der Waals surface area contributed by atoms with Crippen molar-refractivity contribution >= 4 is 11.6 Å². The minimum atomic E-state index is -0.751.